The summed E-state index contributed by atoms with van der Waals surface area (Å²) in [5, 5.41) is 2.80. The van der Waals surface area contributed by atoms with Crippen LogP contribution in [-0.2, 0) is 9.84 Å². The van der Waals surface area contributed by atoms with Crippen molar-refractivity contribution in [1.82, 2.24) is 5.32 Å². The Morgan fingerprint density at radius 3 is 2.80 bits per heavy atom. The molecule has 1 atom stereocenters. The number of rotatable bonds is 2. The molecule has 1 aliphatic rings. The molecule has 3 nitrogen and oxygen atoms in total. The van der Waals surface area contributed by atoms with E-state index in [1.807, 2.05) is 6.07 Å². The van der Waals surface area contributed by atoms with E-state index in [0.717, 1.165) is 11.0 Å². The molecular formula is C10H12BrNO2S. The van der Waals surface area contributed by atoms with Crippen LogP contribution in [0.4, 0.5) is 0 Å². The predicted molar refractivity (Wildman–Crippen MR) is 62.6 cm³/mol. The minimum absolute atomic E-state index is 0.271. The molecule has 2 rings (SSSR count). The van der Waals surface area contributed by atoms with Crippen molar-refractivity contribution in [1.29, 1.82) is 0 Å². The zero-order valence-corrected chi connectivity index (χ0v) is 10.5. The number of hydrogen-bond acceptors (Lipinski definition) is 3. The SMILES string of the molecule is O=S(=O)(c1cccc(Br)c1)C1CCNC1. The number of halogens is 1. The number of nitrogens with one attached hydrogen (secondary N) is 1. The maximum absolute atomic E-state index is 12.1. The molecule has 0 radical (unpaired) electrons. The van der Waals surface area contributed by atoms with Crippen molar-refractivity contribution in [2.45, 2.75) is 16.6 Å². The molecule has 0 spiro atoms. The van der Waals surface area contributed by atoms with Crippen LogP contribution in [0.3, 0.4) is 0 Å². The van der Waals surface area contributed by atoms with Crippen LogP contribution in [0.2, 0.25) is 0 Å². The maximum atomic E-state index is 12.1. The lowest BCUT2D eigenvalue weighted by molar-refractivity contribution is 0.583. The quantitative estimate of drug-likeness (QED) is 0.899. The molecule has 1 heterocycles. The molecule has 1 unspecified atom stereocenters. The fraction of sp³-hybridized carbons (Fsp3) is 0.400. The van der Waals surface area contributed by atoms with Crippen molar-refractivity contribution in [2.24, 2.45) is 0 Å². The predicted octanol–water partition coefficient (Wildman–Crippen LogP) is 1.58. The smallest absolute Gasteiger partial charge is 0.182 e. The Morgan fingerprint density at radius 1 is 1.40 bits per heavy atom. The third-order valence-electron chi connectivity index (χ3n) is 2.58. The van der Waals surface area contributed by atoms with Crippen LogP contribution in [0, 0.1) is 0 Å². The van der Waals surface area contributed by atoms with Gasteiger partial charge in [-0.1, -0.05) is 22.0 Å². The molecule has 1 aliphatic heterocycles. The van der Waals surface area contributed by atoms with Gasteiger partial charge in [0.2, 0.25) is 0 Å². The van der Waals surface area contributed by atoms with E-state index in [1.165, 1.54) is 0 Å². The lowest BCUT2D eigenvalue weighted by Gasteiger charge is -2.10. The van der Waals surface area contributed by atoms with Crippen LogP contribution in [0.5, 0.6) is 0 Å². The summed E-state index contributed by atoms with van der Waals surface area (Å²) in [6, 6.07) is 6.89. The Balaban J connectivity index is 2.36. The second-order valence-electron chi connectivity index (χ2n) is 3.62. The highest BCUT2D eigenvalue weighted by Crippen LogP contribution is 2.22. The summed E-state index contributed by atoms with van der Waals surface area (Å²) in [6.07, 6.45) is 0.703. The van der Waals surface area contributed by atoms with Crippen LogP contribution >= 0.6 is 15.9 Å². The summed E-state index contributed by atoms with van der Waals surface area (Å²) in [5.74, 6) is 0. The van der Waals surface area contributed by atoms with E-state index in [2.05, 4.69) is 21.2 Å². The van der Waals surface area contributed by atoms with Gasteiger partial charge in [-0.15, -0.1) is 0 Å². The van der Waals surface area contributed by atoms with Crippen LogP contribution in [0.15, 0.2) is 33.6 Å². The van der Waals surface area contributed by atoms with Gasteiger partial charge in [0.05, 0.1) is 10.1 Å². The summed E-state index contributed by atoms with van der Waals surface area (Å²) in [7, 11) is -3.15. The molecule has 5 heteroatoms. The highest BCUT2D eigenvalue weighted by molar-refractivity contribution is 9.10. The average Bonchev–Trinajstić information content (AvgIpc) is 2.71. The number of benzene rings is 1. The normalized spacial score (nSPS) is 21.8. The van der Waals surface area contributed by atoms with Gasteiger partial charge >= 0.3 is 0 Å². The molecule has 15 heavy (non-hydrogen) atoms. The zero-order chi connectivity index (χ0) is 10.9. The zero-order valence-electron chi connectivity index (χ0n) is 8.11. The summed E-state index contributed by atoms with van der Waals surface area (Å²) < 4.78 is 25.1. The second kappa shape index (κ2) is 4.23. The molecule has 0 bridgehead atoms. The molecule has 0 aromatic heterocycles. The lowest BCUT2D eigenvalue weighted by Crippen LogP contribution is -2.23. The Morgan fingerprint density at radius 2 is 2.20 bits per heavy atom. The fourth-order valence-corrected chi connectivity index (χ4v) is 3.99. The van der Waals surface area contributed by atoms with Crippen LogP contribution in [0.1, 0.15) is 6.42 Å². The highest BCUT2D eigenvalue weighted by atomic mass is 79.9. The van der Waals surface area contributed by atoms with E-state index in [9.17, 15) is 8.42 Å². The first-order valence-electron chi connectivity index (χ1n) is 4.81. The average molecular weight is 290 g/mol. The molecule has 82 valence electrons. The first-order valence-corrected chi connectivity index (χ1v) is 7.15. The molecule has 1 fully saturated rings. The summed E-state index contributed by atoms with van der Waals surface area (Å²) in [5.41, 5.74) is 0. The molecule has 0 amide bonds. The Bertz CT molecular complexity index is 452. The van der Waals surface area contributed by atoms with Gasteiger partial charge in [0.1, 0.15) is 0 Å². The van der Waals surface area contributed by atoms with Crippen molar-refractivity contribution in [3.8, 4) is 0 Å². The van der Waals surface area contributed by atoms with Gasteiger partial charge < -0.3 is 5.32 Å². The Hall–Kier alpha value is -0.390. The van der Waals surface area contributed by atoms with Gasteiger partial charge in [0, 0.05) is 11.0 Å². The van der Waals surface area contributed by atoms with E-state index in [4.69, 9.17) is 0 Å². The lowest BCUT2D eigenvalue weighted by atomic mass is 10.4. The van der Waals surface area contributed by atoms with Crippen molar-refractivity contribution < 1.29 is 8.42 Å². The molecule has 0 aliphatic carbocycles. The van der Waals surface area contributed by atoms with Crippen molar-refractivity contribution in [3.05, 3.63) is 28.7 Å². The molecule has 1 N–H and O–H groups in total. The highest BCUT2D eigenvalue weighted by Gasteiger charge is 2.29. The van der Waals surface area contributed by atoms with Crippen molar-refractivity contribution >= 4 is 25.8 Å². The van der Waals surface area contributed by atoms with Gasteiger partial charge in [-0.2, -0.15) is 0 Å². The van der Waals surface area contributed by atoms with Crippen molar-refractivity contribution in [2.75, 3.05) is 13.1 Å². The number of sulfone groups is 1. The monoisotopic (exact) mass is 289 g/mol. The van der Waals surface area contributed by atoms with Gasteiger partial charge in [-0.25, -0.2) is 8.42 Å². The van der Waals surface area contributed by atoms with Crippen LogP contribution < -0.4 is 5.32 Å². The van der Waals surface area contributed by atoms with Crippen LogP contribution in [0.25, 0.3) is 0 Å². The second-order valence-corrected chi connectivity index (χ2v) is 6.76. The standard InChI is InChI=1S/C10H12BrNO2S/c11-8-2-1-3-9(6-8)15(13,14)10-4-5-12-7-10/h1-3,6,10,12H,4-5,7H2. The third kappa shape index (κ3) is 2.24. The molecular weight excluding hydrogens is 278 g/mol. The van der Waals surface area contributed by atoms with Crippen molar-refractivity contribution in [3.63, 3.8) is 0 Å². The van der Waals surface area contributed by atoms with E-state index in [1.54, 1.807) is 18.2 Å². The number of hydrogen-bond donors (Lipinski definition) is 1. The van der Waals surface area contributed by atoms with Gasteiger partial charge in [0.25, 0.3) is 0 Å². The van der Waals surface area contributed by atoms with Crippen LogP contribution in [-0.4, -0.2) is 26.8 Å². The van der Waals surface area contributed by atoms with E-state index >= 15 is 0 Å². The van der Waals surface area contributed by atoms with E-state index in [-0.39, 0.29) is 5.25 Å². The van der Waals surface area contributed by atoms with E-state index in [0.29, 0.717) is 17.9 Å². The first kappa shape index (κ1) is 11.1. The fourth-order valence-electron chi connectivity index (χ4n) is 1.73. The topological polar surface area (TPSA) is 46.2 Å². The Labute approximate surface area is 97.9 Å². The van der Waals surface area contributed by atoms with Gasteiger partial charge in [0.15, 0.2) is 9.84 Å². The molecule has 0 saturated carbocycles. The summed E-state index contributed by atoms with van der Waals surface area (Å²) in [4.78, 5) is 0.408. The van der Waals surface area contributed by atoms with Gasteiger partial charge in [-0.3, -0.25) is 0 Å². The minimum Gasteiger partial charge on any atom is -0.315 e. The minimum atomic E-state index is -3.15. The maximum Gasteiger partial charge on any atom is 0.182 e. The molecule has 1 aromatic carbocycles. The summed E-state index contributed by atoms with van der Waals surface area (Å²) in [6.45, 7) is 1.35. The van der Waals surface area contributed by atoms with Gasteiger partial charge in [-0.05, 0) is 31.2 Å². The first-order chi connectivity index (χ1) is 7.10. The largest absolute Gasteiger partial charge is 0.315 e. The summed E-state index contributed by atoms with van der Waals surface area (Å²) >= 11 is 3.28. The molecule has 1 saturated heterocycles. The third-order valence-corrected chi connectivity index (χ3v) is 5.26. The molecule has 1 aromatic rings. The van der Waals surface area contributed by atoms with E-state index < -0.39 is 9.84 Å². The Kier molecular flexibility index (Phi) is 3.13.